The number of ether oxygens (including phenoxy) is 4. The third-order valence-corrected chi connectivity index (χ3v) is 4.29. The molecule has 8 nitrogen and oxygen atoms in total. The fourth-order valence-corrected chi connectivity index (χ4v) is 2.61. The van der Waals surface area contributed by atoms with Crippen molar-refractivity contribution < 1.29 is 33.3 Å². The van der Waals surface area contributed by atoms with Crippen molar-refractivity contribution in [3.8, 4) is 5.75 Å². The Morgan fingerprint density at radius 1 is 1.00 bits per heavy atom. The molecule has 0 radical (unpaired) electrons. The van der Waals surface area contributed by atoms with Crippen molar-refractivity contribution in [1.29, 1.82) is 0 Å². The summed E-state index contributed by atoms with van der Waals surface area (Å²) in [6, 6.07) is 11.3. The average Bonchev–Trinajstić information content (AvgIpc) is 2.72. The van der Waals surface area contributed by atoms with Crippen molar-refractivity contribution in [3.05, 3.63) is 42.0 Å². The van der Waals surface area contributed by atoms with Gasteiger partial charge in [-0.15, -0.1) is 0 Å². The first-order valence-electron chi connectivity index (χ1n) is 9.13. The molecular formula is C21H25NO7. The molecule has 8 heteroatoms. The molecule has 1 amide bonds. The Morgan fingerprint density at radius 2 is 1.69 bits per heavy atom. The summed E-state index contributed by atoms with van der Waals surface area (Å²) < 4.78 is 19.8. The summed E-state index contributed by atoms with van der Waals surface area (Å²) in [5, 5.41) is 1.96. The van der Waals surface area contributed by atoms with E-state index in [2.05, 4.69) is 0 Å². The molecular weight excluding hydrogens is 378 g/mol. The van der Waals surface area contributed by atoms with E-state index in [1.807, 2.05) is 36.4 Å². The molecule has 0 unspecified atom stereocenters. The fourth-order valence-electron chi connectivity index (χ4n) is 2.61. The van der Waals surface area contributed by atoms with E-state index in [4.69, 9.17) is 18.9 Å². The highest BCUT2D eigenvalue weighted by molar-refractivity contribution is 5.86. The molecule has 0 aliphatic carbocycles. The van der Waals surface area contributed by atoms with E-state index in [9.17, 15) is 14.4 Å². The summed E-state index contributed by atoms with van der Waals surface area (Å²) in [5.74, 6) is -0.866. The predicted octanol–water partition coefficient (Wildman–Crippen LogP) is 3.08. The molecule has 0 bridgehead atoms. The van der Waals surface area contributed by atoms with Gasteiger partial charge in [0.05, 0.1) is 19.6 Å². The van der Waals surface area contributed by atoms with Crippen LogP contribution >= 0.6 is 0 Å². The largest absolute Gasteiger partial charge is 0.497 e. The van der Waals surface area contributed by atoms with Crippen LogP contribution in [0, 0.1) is 0 Å². The normalized spacial score (nSPS) is 11.4. The standard InChI is InChI=1S/C21H25NO7/c1-5-27-19(23)12-22(3)21(25)29-13-28-20(24)14(2)15-6-7-17-11-18(26-4)9-8-16(17)10-15/h6-11,14H,5,12-13H2,1-4H3/t14-/m0/s1. The average molecular weight is 403 g/mol. The summed E-state index contributed by atoms with van der Waals surface area (Å²) in [6.45, 7) is 2.81. The first-order valence-corrected chi connectivity index (χ1v) is 9.13. The molecule has 29 heavy (non-hydrogen) atoms. The highest BCUT2D eigenvalue weighted by Crippen LogP contribution is 2.25. The third kappa shape index (κ3) is 6.10. The van der Waals surface area contributed by atoms with Gasteiger partial charge in [0.25, 0.3) is 0 Å². The zero-order valence-electron chi connectivity index (χ0n) is 17.0. The lowest BCUT2D eigenvalue weighted by Gasteiger charge is -2.17. The molecule has 2 aromatic rings. The molecule has 0 N–H and O–H groups in total. The number of likely N-dealkylation sites (N-methyl/N-ethyl adjacent to an activating group) is 1. The lowest BCUT2D eigenvalue weighted by atomic mass is 9.98. The Morgan fingerprint density at radius 3 is 2.38 bits per heavy atom. The van der Waals surface area contributed by atoms with Crippen LogP contribution in [0.15, 0.2) is 36.4 Å². The molecule has 2 rings (SSSR count). The Kier molecular flexibility index (Phi) is 7.82. The van der Waals surface area contributed by atoms with Crippen molar-refractivity contribution >= 4 is 28.8 Å². The van der Waals surface area contributed by atoms with Crippen molar-refractivity contribution in [2.75, 3.05) is 34.1 Å². The first kappa shape index (κ1) is 22.0. The minimum absolute atomic E-state index is 0.222. The van der Waals surface area contributed by atoms with Gasteiger partial charge >= 0.3 is 18.0 Å². The van der Waals surface area contributed by atoms with Gasteiger partial charge in [-0.25, -0.2) is 4.79 Å². The number of hydrogen-bond donors (Lipinski definition) is 0. The van der Waals surface area contributed by atoms with Crippen LogP contribution in [0.5, 0.6) is 5.75 Å². The van der Waals surface area contributed by atoms with Crippen LogP contribution < -0.4 is 4.74 Å². The minimum atomic E-state index is -0.793. The first-order chi connectivity index (χ1) is 13.8. The van der Waals surface area contributed by atoms with Crippen molar-refractivity contribution in [2.45, 2.75) is 19.8 Å². The number of amides is 1. The zero-order valence-corrected chi connectivity index (χ0v) is 17.0. The number of hydrogen-bond acceptors (Lipinski definition) is 7. The quantitative estimate of drug-likeness (QED) is 0.494. The number of carbonyl (C=O) groups excluding carboxylic acids is 3. The molecule has 0 heterocycles. The molecule has 0 spiro atoms. The van der Waals surface area contributed by atoms with Gasteiger partial charge in [0, 0.05) is 7.05 Å². The van der Waals surface area contributed by atoms with E-state index >= 15 is 0 Å². The summed E-state index contributed by atoms with van der Waals surface area (Å²) in [4.78, 5) is 36.5. The van der Waals surface area contributed by atoms with Gasteiger partial charge in [-0.2, -0.15) is 0 Å². The van der Waals surface area contributed by atoms with Gasteiger partial charge in [0.2, 0.25) is 6.79 Å². The van der Waals surface area contributed by atoms with Crippen LogP contribution in [-0.2, 0) is 23.8 Å². The minimum Gasteiger partial charge on any atom is -0.497 e. The molecule has 0 aliphatic heterocycles. The van der Waals surface area contributed by atoms with Gasteiger partial charge in [-0.05, 0) is 42.3 Å². The number of benzene rings is 2. The third-order valence-electron chi connectivity index (χ3n) is 4.29. The lowest BCUT2D eigenvalue weighted by Crippen LogP contribution is -2.34. The highest BCUT2D eigenvalue weighted by Gasteiger charge is 2.19. The molecule has 0 saturated heterocycles. The molecule has 1 atom stereocenters. The van der Waals surface area contributed by atoms with E-state index in [0.29, 0.717) is 0 Å². The van der Waals surface area contributed by atoms with Gasteiger partial charge in [0.1, 0.15) is 12.3 Å². The second kappa shape index (κ2) is 10.3. The zero-order chi connectivity index (χ0) is 21.4. The van der Waals surface area contributed by atoms with E-state index < -0.39 is 30.7 Å². The number of methoxy groups -OCH3 is 1. The van der Waals surface area contributed by atoms with Crippen molar-refractivity contribution in [3.63, 3.8) is 0 Å². The van der Waals surface area contributed by atoms with Crippen LogP contribution in [0.25, 0.3) is 10.8 Å². The maximum absolute atomic E-state index is 12.3. The maximum Gasteiger partial charge on any atom is 0.412 e. The fraction of sp³-hybridized carbons (Fsp3) is 0.381. The second-order valence-corrected chi connectivity index (χ2v) is 6.35. The van der Waals surface area contributed by atoms with Crippen molar-refractivity contribution in [1.82, 2.24) is 4.90 Å². The van der Waals surface area contributed by atoms with E-state index in [0.717, 1.165) is 27.0 Å². The Hall–Kier alpha value is -3.29. The van der Waals surface area contributed by atoms with Crippen LogP contribution in [0.4, 0.5) is 4.79 Å². The van der Waals surface area contributed by atoms with Crippen LogP contribution in [0.2, 0.25) is 0 Å². The van der Waals surface area contributed by atoms with Gasteiger partial charge in [0.15, 0.2) is 0 Å². The molecule has 0 fully saturated rings. The van der Waals surface area contributed by atoms with Crippen LogP contribution in [0.3, 0.4) is 0 Å². The van der Waals surface area contributed by atoms with Crippen LogP contribution in [-0.4, -0.2) is 57.0 Å². The second-order valence-electron chi connectivity index (χ2n) is 6.35. The maximum atomic E-state index is 12.3. The number of esters is 2. The number of nitrogens with zero attached hydrogens (tertiary/aromatic N) is 1. The summed E-state index contributed by atoms with van der Waals surface area (Å²) in [5.41, 5.74) is 0.776. The Labute approximate surface area is 169 Å². The Balaban J connectivity index is 1.88. The molecule has 0 aromatic heterocycles. The Bertz CT molecular complexity index is 880. The summed E-state index contributed by atoms with van der Waals surface area (Å²) >= 11 is 0. The molecule has 156 valence electrons. The number of rotatable bonds is 8. The molecule has 2 aromatic carbocycles. The smallest absolute Gasteiger partial charge is 0.412 e. The van der Waals surface area contributed by atoms with Crippen LogP contribution in [0.1, 0.15) is 25.3 Å². The van der Waals surface area contributed by atoms with Gasteiger partial charge < -0.3 is 23.8 Å². The predicted molar refractivity (Wildman–Crippen MR) is 106 cm³/mol. The number of carbonyl (C=O) groups is 3. The summed E-state index contributed by atoms with van der Waals surface area (Å²) in [7, 11) is 2.99. The topological polar surface area (TPSA) is 91.4 Å². The highest BCUT2D eigenvalue weighted by atomic mass is 16.7. The molecule has 0 saturated carbocycles. The molecule has 0 aliphatic rings. The van der Waals surface area contributed by atoms with E-state index in [1.165, 1.54) is 7.05 Å². The van der Waals surface area contributed by atoms with Crippen molar-refractivity contribution in [2.24, 2.45) is 0 Å². The lowest BCUT2D eigenvalue weighted by molar-refractivity contribution is -0.154. The van der Waals surface area contributed by atoms with E-state index in [-0.39, 0.29) is 13.2 Å². The van der Waals surface area contributed by atoms with E-state index in [1.54, 1.807) is 21.0 Å². The number of fused-ring (bicyclic) bond motifs is 1. The van der Waals surface area contributed by atoms with Gasteiger partial charge in [-0.3, -0.25) is 9.59 Å². The monoisotopic (exact) mass is 403 g/mol. The van der Waals surface area contributed by atoms with Gasteiger partial charge in [-0.1, -0.05) is 24.3 Å². The summed E-state index contributed by atoms with van der Waals surface area (Å²) in [6.07, 6.45) is -0.793. The SMILES string of the molecule is CCOC(=O)CN(C)C(=O)OCOC(=O)[C@@H](C)c1ccc2cc(OC)ccc2c1.